The Kier molecular flexibility index (Phi) is 6.66. The SMILES string of the molecule is CCOC(=O)[C@]1(C)CCC[C@@]2(C)[C@@H]3CC[C@@]4(C)C[C@]3(CC[C@@H]21)C[C@@H]4n1cc(COc2ccc(C(C)=O)cc2)nn1. The highest BCUT2D eigenvalue weighted by atomic mass is 16.5. The van der Waals surface area contributed by atoms with Crippen molar-refractivity contribution in [3.05, 3.63) is 41.7 Å². The fourth-order valence-corrected chi connectivity index (χ4v) is 10.2. The Hall–Kier alpha value is -2.70. The predicted octanol–water partition coefficient (Wildman–Crippen LogP) is 6.97. The van der Waals surface area contributed by atoms with E-state index in [9.17, 15) is 9.59 Å². The average molecular weight is 548 g/mol. The fraction of sp³-hybridized carbons (Fsp3) is 0.697. The maximum Gasteiger partial charge on any atom is 0.312 e. The summed E-state index contributed by atoms with van der Waals surface area (Å²) in [6, 6.07) is 7.57. The number of hydrogen-bond donors (Lipinski definition) is 0. The van der Waals surface area contributed by atoms with Crippen LogP contribution in [0.2, 0.25) is 0 Å². The minimum absolute atomic E-state index is 0.0268. The molecule has 7 atom stereocenters. The van der Waals surface area contributed by atoms with Crippen molar-refractivity contribution in [1.29, 1.82) is 0 Å². The first-order valence-electron chi connectivity index (χ1n) is 15.3. The van der Waals surface area contributed by atoms with Gasteiger partial charge in [-0.2, -0.15) is 0 Å². The summed E-state index contributed by atoms with van der Waals surface area (Å²) in [6.45, 7) is 11.5. The highest BCUT2D eigenvalue weighted by Crippen LogP contribution is 2.75. The van der Waals surface area contributed by atoms with Crippen LogP contribution >= 0.6 is 0 Å². The lowest BCUT2D eigenvalue weighted by atomic mass is 9.40. The van der Waals surface area contributed by atoms with Crippen molar-refractivity contribution in [1.82, 2.24) is 15.0 Å². The van der Waals surface area contributed by atoms with Crippen molar-refractivity contribution in [3.63, 3.8) is 0 Å². The average Bonchev–Trinajstić information content (AvgIpc) is 3.47. The van der Waals surface area contributed by atoms with Crippen LogP contribution in [0.5, 0.6) is 5.75 Å². The molecule has 2 aromatic rings. The van der Waals surface area contributed by atoms with E-state index in [0.29, 0.717) is 42.1 Å². The molecule has 40 heavy (non-hydrogen) atoms. The normalized spacial score (nSPS) is 38.3. The standard InChI is InChI=1S/C33H45N3O4/c1-6-39-29(38)32(5)15-7-14-31(4)26(32)13-17-33-18-28(30(3,21-33)16-12-27(31)33)36-19-24(34-35-36)20-40-25-10-8-23(9-11-25)22(2)37/h8-11,19,26-28H,6-7,12-18,20-21H2,1-5H3/t26-,27-,28-,30-,31+,32+,33-/m0/s1. The lowest BCUT2D eigenvalue weighted by molar-refractivity contribution is -0.187. The minimum Gasteiger partial charge on any atom is -0.487 e. The number of benzene rings is 1. The van der Waals surface area contributed by atoms with Crippen LogP contribution in [0.25, 0.3) is 0 Å². The molecule has 7 heteroatoms. The van der Waals surface area contributed by atoms with Crippen LogP contribution < -0.4 is 4.74 Å². The molecular formula is C33H45N3O4. The number of ketones is 1. The first-order chi connectivity index (χ1) is 19.0. The lowest BCUT2D eigenvalue weighted by Gasteiger charge is -2.64. The van der Waals surface area contributed by atoms with E-state index in [2.05, 4.69) is 42.0 Å². The lowest BCUT2D eigenvalue weighted by Crippen LogP contribution is -2.58. The molecule has 4 aliphatic carbocycles. The summed E-state index contributed by atoms with van der Waals surface area (Å²) in [5, 5.41) is 9.12. The molecule has 4 fully saturated rings. The number of rotatable bonds is 7. The number of aromatic nitrogens is 3. The van der Waals surface area contributed by atoms with E-state index >= 15 is 0 Å². The Bertz CT molecular complexity index is 1290. The molecule has 1 aromatic heterocycles. The van der Waals surface area contributed by atoms with Crippen molar-refractivity contribution in [2.75, 3.05) is 6.61 Å². The monoisotopic (exact) mass is 547 g/mol. The number of nitrogens with zero attached hydrogens (tertiary/aromatic N) is 3. The highest BCUT2D eigenvalue weighted by molar-refractivity contribution is 5.94. The summed E-state index contributed by atoms with van der Waals surface area (Å²) < 4.78 is 13.7. The molecule has 0 unspecified atom stereocenters. The van der Waals surface area contributed by atoms with Gasteiger partial charge in [-0.05, 0) is 124 Å². The fourth-order valence-electron chi connectivity index (χ4n) is 10.2. The van der Waals surface area contributed by atoms with Gasteiger partial charge in [-0.25, -0.2) is 4.68 Å². The topological polar surface area (TPSA) is 83.3 Å². The third kappa shape index (κ3) is 4.21. The van der Waals surface area contributed by atoms with E-state index in [-0.39, 0.29) is 28.0 Å². The van der Waals surface area contributed by atoms with Crippen molar-refractivity contribution in [2.45, 2.75) is 105 Å². The summed E-state index contributed by atoms with van der Waals surface area (Å²) in [6.07, 6.45) is 12.5. The molecule has 1 spiro atoms. The Morgan fingerprint density at radius 3 is 2.50 bits per heavy atom. The zero-order valence-electron chi connectivity index (χ0n) is 24.9. The van der Waals surface area contributed by atoms with Crippen molar-refractivity contribution >= 4 is 11.8 Å². The van der Waals surface area contributed by atoms with Crippen LogP contribution in [0, 0.1) is 33.5 Å². The third-order valence-corrected chi connectivity index (χ3v) is 11.9. The van der Waals surface area contributed by atoms with Gasteiger partial charge in [0.15, 0.2) is 5.78 Å². The Labute approximate surface area is 238 Å². The largest absolute Gasteiger partial charge is 0.487 e. The second-order valence-electron chi connectivity index (χ2n) is 14.2. The smallest absolute Gasteiger partial charge is 0.312 e. The van der Waals surface area contributed by atoms with Gasteiger partial charge < -0.3 is 9.47 Å². The first kappa shape index (κ1) is 27.5. The zero-order valence-corrected chi connectivity index (χ0v) is 24.9. The Morgan fingerprint density at radius 1 is 1.02 bits per heavy atom. The summed E-state index contributed by atoms with van der Waals surface area (Å²) in [5.74, 6) is 1.82. The van der Waals surface area contributed by atoms with Gasteiger partial charge in [-0.3, -0.25) is 9.59 Å². The van der Waals surface area contributed by atoms with Gasteiger partial charge in [0.05, 0.1) is 24.3 Å². The Balaban J connectivity index is 1.20. The molecular weight excluding hydrogens is 502 g/mol. The van der Waals surface area contributed by atoms with Crippen LogP contribution in [-0.4, -0.2) is 33.4 Å². The van der Waals surface area contributed by atoms with E-state index < -0.39 is 0 Å². The molecule has 0 amide bonds. The number of esters is 1. The molecule has 0 aliphatic heterocycles. The number of carbonyl (C=O) groups excluding carboxylic acids is 2. The molecule has 0 radical (unpaired) electrons. The number of hydrogen-bond acceptors (Lipinski definition) is 6. The molecule has 0 saturated heterocycles. The number of carbonyl (C=O) groups is 2. The highest BCUT2D eigenvalue weighted by Gasteiger charge is 2.68. The number of fused-ring (bicyclic) bond motifs is 3. The molecule has 4 saturated carbocycles. The second kappa shape index (κ2) is 9.70. The maximum absolute atomic E-state index is 13.2. The molecule has 4 aliphatic rings. The van der Waals surface area contributed by atoms with E-state index in [0.717, 1.165) is 37.1 Å². The van der Waals surface area contributed by atoms with Crippen molar-refractivity contribution < 1.29 is 19.1 Å². The van der Waals surface area contributed by atoms with Crippen LogP contribution in [0.4, 0.5) is 0 Å². The van der Waals surface area contributed by atoms with Gasteiger partial charge in [-0.1, -0.05) is 25.5 Å². The Morgan fingerprint density at radius 2 is 1.77 bits per heavy atom. The summed E-state index contributed by atoms with van der Waals surface area (Å²) in [7, 11) is 0. The first-order valence-corrected chi connectivity index (χ1v) is 15.3. The second-order valence-corrected chi connectivity index (χ2v) is 14.2. The van der Waals surface area contributed by atoms with Gasteiger partial charge in [0.25, 0.3) is 0 Å². The van der Waals surface area contributed by atoms with Crippen LogP contribution in [0.3, 0.4) is 0 Å². The van der Waals surface area contributed by atoms with Gasteiger partial charge in [0, 0.05) is 5.56 Å². The molecule has 216 valence electrons. The molecule has 6 rings (SSSR count). The summed E-state index contributed by atoms with van der Waals surface area (Å²) in [4.78, 5) is 24.8. The van der Waals surface area contributed by atoms with E-state index in [4.69, 9.17) is 9.47 Å². The van der Waals surface area contributed by atoms with Crippen LogP contribution in [0.15, 0.2) is 30.5 Å². The molecule has 1 aromatic carbocycles. The predicted molar refractivity (Wildman–Crippen MR) is 152 cm³/mol. The number of ether oxygens (including phenoxy) is 2. The van der Waals surface area contributed by atoms with Crippen LogP contribution in [0.1, 0.15) is 114 Å². The van der Waals surface area contributed by atoms with Gasteiger partial charge >= 0.3 is 5.97 Å². The molecule has 1 heterocycles. The van der Waals surface area contributed by atoms with Crippen molar-refractivity contribution in [3.8, 4) is 5.75 Å². The van der Waals surface area contributed by atoms with Crippen LogP contribution in [-0.2, 0) is 16.1 Å². The zero-order chi connectivity index (χ0) is 28.3. The van der Waals surface area contributed by atoms with E-state index in [1.807, 2.05) is 19.1 Å². The van der Waals surface area contributed by atoms with E-state index in [1.165, 1.54) is 32.1 Å². The van der Waals surface area contributed by atoms with Crippen molar-refractivity contribution in [2.24, 2.45) is 33.5 Å². The maximum atomic E-state index is 13.2. The molecule has 7 nitrogen and oxygen atoms in total. The summed E-state index contributed by atoms with van der Waals surface area (Å²) in [5.41, 5.74) is 1.81. The third-order valence-electron chi connectivity index (χ3n) is 11.9. The van der Waals surface area contributed by atoms with Gasteiger partial charge in [0.1, 0.15) is 18.1 Å². The molecule has 2 bridgehead atoms. The number of Topliss-reactive ketones (excluding diaryl/α,β-unsaturated/α-hetero) is 1. The van der Waals surface area contributed by atoms with Gasteiger partial charge in [-0.15, -0.1) is 5.10 Å². The minimum atomic E-state index is -0.365. The van der Waals surface area contributed by atoms with Gasteiger partial charge in [0.2, 0.25) is 0 Å². The summed E-state index contributed by atoms with van der Waals surface area (Å²) >= 11 is 0. The quantitative estimate of drug-likeness (QED) is 0.275. The van der Waals surface area contributed by atoms with E-state index in [1.54, 1.807) is 19.1 Å². The molecule has 0 N–H and O–H groups in total.